The molecular weight excluding hydrogens is 115 g/mol. The zero-order valence-corrected chi connectivity index (χ0v) is 5.24. The van der Waals surface area contributed by atoms with Crippen LogP contribution in [0.25, 0.3) is 0 Å². The van der Waals surface area contributed by atoms with E-state index in [1.54, 1.807) is 0 Å². The zero-order valence-electron chi connectivity index (χ0n) is 4.42. The minimum Gasteiger partial charge on any atom is -0.0959 e. The van der Waals surface area contributed by atoms with Gasteiger partial charge in [-0.3, -0.25) is 0 Å². The Balaban J connectivity index is 2.77. The van der Waals surface area contributed by atoms with E-state index in [2.05, 4.69) is 0 Å². The van der Waals surface area contributed by atoms with E-state index >= 15 is 0 Å². The lowest BCUT2D eigenvalue weighted by atomic mass is 9.91. The van der Waals surface area contributed by atoms with Crippen molar-refractivity contribution in [3.63, 3.8) is 0 Å². The fourth-order valence-corrected chi connectivity index (χ4v) is 0.836. The van der Waals surface area contributed by atoms with Crippen molar-refractivity contribution in [2.24, 2.45) is 0 Å². The van der Waals surface area contributed by atoms with Gasteiger partial charge in [-0.05, 0) is 0 Å². The molecule has 0 aromatic carbocycles. The van der Waals surface area contributed by atoms with Crippen molar-refractivity contribution in [1.29, 1.82) is 0 Å². The van der Waals surface area contributed by atoms with E-state index < -0.39 is 0 Å². The molecule has 1 aliphatic carbocycles. The van der Waals surface area contributed by atoms with Crippen LogP contribution in [0.1, 0.15) is 6.42 Å². The first kappa shape index (κ1) is 5.77. The van der Waals surface area contributed by atoms with Gasteiger partial charge >= 0.3 is 0 Å². The molecule has 0 amide bonds. The van der Waals surface area contributed by atoms with Gasteiger partial charge in [0.15, 0.2) is 0 Å². The van der Waals surface area contributed by atoms with Crippen molar-refractivity contribution in [3.8, 4) is 0 Å². The zero-order chi connectivity index (χ0) is 5.98. The van der Waals surface area contributed by atoms with Gasteiger partial charge in [0.2, 0.25) is 0 Å². The van der Waals surface area contributed by atoms with E-state index in [0.717, 1.165) is 16.8 Å². The van der Waals surface area contributed by atoms with E-state index in [1.807, 2.05) is 18.2 Å². The molecule has 2 radical (unpaired) electrons. The number of allylic oxidation sites excluding steroid dienone is 4. The maximum Gasteiger partial charge on any atom is 0.113 e. The summed E-state index contributed by atoms with van der Waals surface area (Å²) in [5.74, 6) is 0. The van der Waals surface area contributed by atoms with Crippen molar-refractivity contribution in [2.75, 3.05) is 0 Å². The Morgan fingerprint density at radius 2 is 2.38 bits per heavy atom. The van der Waals surface area contributed by atoms with E-state index in [9.17, 15) is 0 Å². The average Bonchev–Trinajstić information content (AvgIpc) is 1.64. The number of hydrogen-bond acceptors (Lipinski definition) is 1. The van der Waals surface area contributed by atoms with Crippen molar-refractivity contribution in [2.45, 2.75) is 6.42 Å². The highest BCUT2D eigenvalue weighted by atomic mass is 32.1. The highest BCUT2D eigenvalue weighted by Crippen LogP contribution is 2.03. The molecule has 2 heteroatoms. The molecule has 0 N–H and O–H groups in total. The van der Waals surface area contributed by atoms with Crippen LogP contribution in [0.4, 0.5) is 0 Å². The molecule has 0 saturated carbocycles. The summed E-state index contributed by atoms with van der Waals surface area (Å²) >= 11 is 4.88. The van der Waals surface area contributed by atoms with Crippen LogP contribution in [0.3, 0.4) is 0 Å². The molecule has 0 aromatic heterocycles. The molecule has 0 fully saturated rings. The summed E-state index contributed by atoms with van der Waals surface area (Å²) in [6.07, 6.45) is 6.53. The molecular formula is C6H5BS. The van der Waals surface area contributed by atoms with Gasteiger partial charge < -0.3 is 0 Å². The second kappa shape index (κ2) is 2.27. The molecule has 0 saturated heterocycles. The smallest absolute Gasteiger partial charge is 0.0959 e. The predicted octanol–water partition coefficient (Wildman–Crippen LogP) is 1.37. The van der Waals surface area contributed by atoms with Crippen LogP contribution in [0.5, 0.6) is 0 Å². The highest BCUT2D eigenvalue weighted by molar-refractivity contribution is 7.80. The van der Waals surface area contributed by atoms with E-state index in [-0.39, 0.29) is 0 Å². The van der Waals surface area contributed by atoms with Crippen LogP contribution in [-0.4, -0.2) is 12.7 Å². The average molecular weight is 120 g/mol. The van der Waals surface area contributed by atoms with Crippen molar-refractivity contribution >= 4 is 24.9 Å². The second-order valence-corrected chi connectivity index (χ2v) is 2.24. The topological polar surface area (TPSA) is 0 Å². The molecule has 0 aromatic rings. The van der Waals surface area contributed by atoms with Gasteiger partial charge in [0.25, 0.3) is 0 Å². The van der Waals surface area contributed by atoms with E-state index in [1.165, 1.54) is 0 Å². The summed E-state index contributed by atoms with van der Waals surface area (Å²) in [6.45, 7) is 0. The van der Waals surface area contributed by atoms with Crippen molar-refractivity contribution in [1.82, 2.24) is 0 Å². The summed E-state index contributed by atoms with van der Waals surface area (Å²) in [7, 11) is 5.41. The molecule has 0 bridgehead atoms. The second-order valence-electron chi connectivity index (χ2n) is 1.72. The summed E-state index contributed by atoms with van der Waals surface area (Å²) < 4.78 is 0. The number of thiocarbonyl (C=S) groups is 1. The van der Waals surface area contributed by atoms with Crippen LogP contribution in [0.2, 0.25) is 0 Å². The standard InChI is InChI=1S/C6H5BS/c7-5-2-1-3-6(8)4-5/h1-2,4H,3H2. The lowest BCUT2D eigenvalue weighted by Gasteiger charge is -1.99. The first-order valence-corrected chi connectivity index (χ1v) is 2.86. The summed E-state index contributed by atoms with van der Waals surface area (Å²) in [5, 5.41) is 0. The van der Waals surface area contributed by atoms with Gasteiger partial charge in [-0.1, -0.05) is 35.9 Å². The summed E-state index contributed by atoms with van der Waals surface area (Å²) in [5.41, 5.74) is 0.765. The Kier molecular flexibility index (Phi) is 1.64. The first-order valence-electron chi connectivity index (χ1n) is 2.45. The Hall–Kier alpha value is -0.365. The molecule has 38 valence electrons. The quantitative estimate of drug-likeness (QED) is 0.343. The fourth-order valence-electron chi connectivity index (χ4n) is 0.604. The number of rotatable bonds is 0. The van der Waals surface area contributed by atoms with Gasteiger partial charge in [0.1, 0.15) is 7.85 Å². The molecule has 0 unspecified atom stereocenters. The summed E-state index contributed by atoms with van der Waals surface area (Å²) in [4.78, 5) is 0.921. The van der Waals surface area contributed by atoms with Crippen LogP contribution in [0.15, 0.2) is 23.7 Å². The third kappa shape index (κ3) is 1.30. The maximum absolute atomic E-state index is 5.41. The lowest BCUT2D eigenvalue weighted by Crippen LogP contribution is -1.93. The van der Waals surface area contributed by atoms with E-state index in [4.69, 9.17) is 20.1 Å². The maximum atomic E-state index is 5.41. The molecule has 8 heavy (non-hydrogen) atoms. The van der Waals surface area contributed by atoms with Crippen molar-refractivity contribution in [3.05, 3.63) is 23.7 Å². The SMILES string of the molecule is [B]C1=CC(=S)CC=C1. The summed E-state index contributed by atoms with van der Waals surface area (Å²) in [6, 6.07) is 0. The predicted molar refractivity (Wildman–Crippen MR) is 40.2 cm³/mol. The lowest BCUT2D eigenvalue weighted by molar-refractivity contribution is 1.49. The minimum atomic E-state index is 0.765. The molecule has 0 aliphatic heterocycles. The number of hydrogen-bond donors (Lipinski definition) is 0. The van der Waals surface area contributed by atoms with Gasteiger partial charge in [-0.2, -0.15) is 0 Å². The molecule has 0 atom stereocenters. The van der Waals surface area contributed by atoms with Gasteiger partial charge in [0.05, 0.1) is 0 Å². The van der Waals surface area contributed by atoms with E-state index in [0.29, 0.717) is 0 Å². The Bertz CT molecular complexity index is 167. The molecule has 0 heterocycles. The van der Waals surface area contributed by atoms with Crippen LogP contribution >= 0.6 is 12.2 Å². The van der Waals surface area contributed by atoms with Gasteiger partial charge in [0, 0.05) is 11.3 Å². The third-order valence-electron chi connectivity index (χ3n) is 0.957. The van der Waals surface area contributed by atoms with Crippen LogP contribution in [0, 0.1) is 0 Å². The first-order chi connectivity index (χ1) is 3.79. The molecule has 0 spiro atoms. The fraction of sp³-hybridized carbons (Fsp3) is 0.167. The Morgan fingerprint density at radius 1 is 1.62 bits per heavy atom. The normalized spacial score (nSPS) is 18.5. The van der Waals surface area contributed by atoms with Gasteiger partial charge in [-0.25, -0.2) is 0 Å². The Morgan fingerprint density at radius 3 is 2.75 bits per heavy atom. The van der Waals surface area contributed by atoms with Crippen molar-refractivity contribution < 1.29 is 0 Å². The Labute approximate surface area is 55.7 Å². The molecule has 0 nitrogen and oxygen atoms in total. The molecule has 1 rings (SSSR count). The molecule has 1 aliphatic rings. The minimum absolute atomic E-state index is 0.765. The van der Waals surface area contributed by atoms with Crippen LogP contribution in [-0.2, 0) is 0 Å². The largest absolute Gasteiger partial charge is 0.113 e. The third-order valence-corrected chi connectivity index (χ3v) is 1.24. The highest BCUT2D eigenvalue weighted by Gasteiger charge is 1.93. The monoisotopic (exact) mass is 120 g/mol. The van der Waals surface area contributed by atoms with Gasteiger partial charge in [-0.15, -0.1) is 0 Å². The van der Waals surface area contributed by atoms with Crippen LogP contribution < -0.4 is 0 Å².